The quantitative estimate of drug-likeness (QED) is 0.609. The molecule has 1 aromatic heterocycles. The van der Waals surface area contributed by atoms with E-state index in [1.807, 2.05) is 62.0 Å². The van der Waals surface area contributed by atoms with Crippen LogP contribution in [0, 0.1) is 6.92 Å². The van der Waals surface area contributed by atoms with Crippen molar-refractivity contribution in [3.8, 4) is 0 Å². The summed E-state index contributed by atoms with van der Waals surface area (Å²) in [6, 6.07) is 9.92. The van der Waals surface area contributed by atoms with E-state index in [-0.39, 0.29) is 5.91 Å². The molecule has 1 aromatic carbocycles. The Bertz CT molecular complexity index is 933. The van der Waals surface area contributed by atoms with Gasteiger partial charge in [0.25, 0.3) is 5.91 Å². The average Bonchev–Trinajstić information content (AvgIpc) is 3.01. The van der Waals surface area contributed by atoms with Crippen LogP contribution in [0.4, 0.5) is 5.69 Å². The van der Waals surface area contributed by atoms with Crippen LogP contribution in [0.15, 0.2) is 52.5 Å². The van der Waals surface area contributed by atoms with Gasteiger partial charge in [-0.05, 0) is 48.8 Å². The summed E-state index contributed by atoms with van der Waals surface area (Å²) >= 11 is 1.66. The number of benzene rings is 1. The third-order valence-corrected chi connectivity index (χ3v) is 6.15. The molecule has 1 aliphatic heterocycles. The zero-order chi connectivity index (χ0) is 20.8. The second-order valence-corrected chi connectivity index (χ2v) is 7.95. The summed E-state index contributed by atoms with van der Waals surface area (Å²) in [6.07, 6.45) is 3.36. The highest BCUT2D eigenvalue weighted by atomic mass is 32.2. The van der Waals surface area contributed by atoms with Crippen molar-refractivity contribution < 1.29 is 4.79 Å². The Labute approximate surface area is 176 Å². The van der Waals surface area contributed by atoms with Gasteiger partial charge < -0.3 is 20.9 Å². The van der Waals surface area contributed by atoms with Gasteiger partial charge in [-0.3, -0.25) is 9.79 Å². The standard InChI is InChI=1S/C21H28N6OS/c1-15-20(29-27-11-10-24-17(14-27)8-9-22)12-19(26(15)3)21(28)25-13-16-6-4-5-7-18(16)23-2/h4-9,12,23H,10-11,13-14,22H2,1-3H3,(H,25,28)/b9-8-. The summed E-state index contributed by atoms with van der Waals surface area (Å²) in [4.78, 5) is 18.4. The van der Waals surface area contributed by atoms with Crippen molar-refractivity contribution in [1.29, 1.82) is 0 Å². The number of carbonyl (C=O) groups is 1. The van der Waals surface area contributed by atoms with Crippen molar-refractivity contribution in [1.82, 2.24) is 14.2 Å². The Morgan fingerprint density at radius 1 is 1.38 bits per heavy atom. The maximum absolute atomic E-state index is 12.8. The number of hydrogen-bond donors (Lipinski definition) is 3. The zero-order valence-corrected chi connectivity index (χ0v) is 17.9. The first-order chi connectivity index (χ1) is 14.0. The fourth-order valence-corrected chi connectivity index (χ4v) is 4.30. The van der Waals surface area contributed by atoms with E-state index in [4.69, 9.17) is 5.73 Å². The minimum Gasteiger partial charge on any atom is -0.405 e. The van der Waals surface area contributed by atoms with Gasteiger partial charge in [-0.15, -0.1) is 0 Å². The molecule has 0 bridgehead atoms. The first kappa shape index (κ1) is 21.0. The lowest BCUT2D eigenvalue weighted by molar-refractivity contribution is 0.0942. The molecule has 0 saturated carbocycles. The maximum Gasteiger partial charge on any atom is 0.268 e. The van der Waals surface area contributed by atoms with Gasteiger partial charge in [0.2, 0.25) is 0 Å². The molecule has 0 saturated heterocycles. The molecule has 1 amide bonds. The fraction of sp³-hybridized carbons (Fsp3) is 0.333. The van der Waals surface area contributed by atoms with E-state index in [0.29, 0.717) is 12.2 Å². The van der Waals surface area contributed by atoms with Gasteiger partial charge >= 0.3 is 0 Å². The third-order valence-electron chi connectivity index (χ3n) is 4.97. The van der Waals surface area contributed by atoms with Crippen LogP contribution >= 0.6 is 11.9 Å². The number of nitrogens with zero attached hydrogens (tertiary/aromatic N) is 3. The number of nitrogens with one attached hydrogen (secondary N) is 2. The predicted molar refractivity (Wildman–Crippen MR) is 120 cm³/mol. The molecule has 8 heteroatoms. The molecular formula is C21H28N6OS. The second-order valence-electron chi connectivity index (χ2n) is 6.82. The van der Waals surface area contributed by atoms with Gasteiger partial charge in [0, 0.05) is 43.5 Å². The number of nitrogens with two attached hydrogens (primary N) is 1. The van der Waals surface area contributed by atoms with E-state index in [9.17, 15) is 4.79 Å². The largest absolute Gasteiger partial charge is 0.405 e. The van der Waals surface area contributed by atoms with E-state index in [2.05, 4.69) is 19.9 Å². The van der Waals surface area contributed by atoms with Crippen LogP contribution in [0.25, 0.3) is 0 Å². The Hall–Kier alpha value is -2.71. The molecule has 0 unspecified atom stereocenters. The highest BCUT2D eigenvalue weighted by molar-refractivity contribution is 7.97. The van der Waals surface area contributed by atoms with E-state index in [1.54, 1.807) is 11.9 Å². The van der Waals surface area contributed by atoms with Crippen LogP contribution in [0.3, 0.4) is 0 Å². The highest BCUT2D eigenvalue weighted by Crippen LogP contribution is 2.29. The average molecular weight is 413 g/mol. The maximum atomic E-state index is 12.8. The Morgan fingerprint density at radius 2 is 2.17 bits per heavy atom. The molecule has 4 N–H and O–H groups in total. The van der Waals surface area contributed by atoms with Gasteiger partial charge in [-0.25, -0.2) is 4.31 Å². The minimum absolute atomic E-state index is 0.0830. The molecule has 154 valence electrons. The lowest BCUT2D eigenvalue weighted by Crippen LogP contribution is -2.30. The number of amides is 1. The molecule has 3 rings (SSSR count). The van der Waals surface area contributed by atoms with Crippen molar-refractivity contribution in [2.45, 2.75) is 18.4 Å². The van der Waals surface area contributed by atoms with Crippen LogP contribution in [-0.2, 0) is 13.6 Å². The second kappa shape index (κ2) is 9.67. The topological polar surface area (TPSA) is 87.7 Å². The van der Waals surface area contributed by atoms with Crippen LogP contribution in [0.2, 0.25) is 0 Å². The summed E-state index contributed by atoms with van der Waals surface area (Å²) in [5.74, 6) is -0.0830. The Kier molecular flexibility index (Phi) is 7.00. The van der Waals surface area contributed by atoms with E-state index in [0.717, 1.165) is 47.2 Å². The first-order valence-electron chi connectivity index (χ1n) is 9.58. The summed E-state index contributed by atoms with van der Waals surface area (Å²) in [5, 5.41) is 6.19. The summed E-state index contributed by atoms with van der Waals surface area (Å²) < 4.78 is 4.19. The summed E-state index contributed by atoms with van der Waals surface area (Å²) in [6.45, 7) is 4.85. The molecule has 0 aliphatic carbocycles. The lowest BCUT2D eigenvalue weighted by Gasteiger charge is -2.24. The van der Waals surface area contributed by atoms with E-state index in [1.165, 1.54) is 6.20 Å². The van der Waals surface area contributed by atoms with Crippen molar-refractivity contribution >= 4 is 29.3 Å². The van der Waals surface area contributed by atoms with Gasteiger partial charge in [0.05, 0.1) is 18.8 Å². The number of rotatable bonds is 7. The highest BCUT2D eigenvalue weighted by Gasteiger charge is 2.20. The van der Waals surface area contributed by atoms with Gasteiger partial charge in [0.15, 0.2) is 0 Å². The molecule has 2 heterocycles. The van der Waals surface area contributed by atoms with Gasteiger partial charge in [-0.2, -0.15) is 0 Å². The fourth-order valence-electron chi connectivity index (χ4n) is 3.21. The van der Waals surface area contributed by atoms with Crippen LogP contribution in [0.5, 0.6) is 0 Å². The summed E-state index contributed by atoms with van der Waals surface area (Å²) in [5.41, 5.74) is 10.2. The van der Waals surface area contributed by atoms with E-state index >= 15 is 0 Å². The molecule has 1 aliphatic rings. The molecule has 2 aromatic rings. The number of hydrogen-bond acceptors (Lipinski definition) is 6. The minimum atomic E-state index is -0.0830. The monoisotopic (exact) mass is 412 g/mol. The molecular weight excluding hydrogens is 384 g/mol. The SMILES string of the molecule is CNc1ccccc1CNC(=O)c1cc(SN2CCN=C(/C=C\N)C2)c(C)n1C. The molecule has 0 radical (unpaired) electrons. The molecule has 0 fully saturated rings. The Morgan fingerprint density at radius 3 is 2.93 bits per heavy atom. The lowest BCUT2D eigenvalue weighted by atomic mass is 10.2. The van der Waals surface area contributed by atoms with Gasteiger partial charge in [-0.1, -0.05) is 18.2 Å². The number of aliphatic imine (C=N–C) groups is 1. The number of para-hydroxylation sites is 1. The van der Waals surface area contributed by atoms with Crippen molar-refractivity contribution in [2.24, 2.45) is 17.8 Å². The summed E-state index contributed by atoms with van der Waals surface area (Å²) in [7, 11) is 3.81. The number of aromatic nitrogens is 1. The van der Waals surface area contributed by atoms with Crippen LogP contribution in [-0.4, -0.2) is 47.2 Å². The Balaban J connectivity index is 1.68. The zero-order valence-electron chi connectivity index (χ0n) is 17.1. The molecule has 0 atom stereocenters. The van der Waals surface area contributed by atoms with Crippen molar-refractivity contribution in [3.05, 3.63) is 59.6 Å². The van der Waals surface area contributed by atoms with Crippen molar-refractivity contribution in [3.63, 3.8) is 0 Å². The van der Waals surface area contributed by atoms with E-state index < -0.39 is 0 Å². The van der Waals surface area contributed by atoms with Crippen LogP contribution in [0.1, 0.15) is 21.7 Å². The molecule has 7 nitrogen and oxygen atoms in total. The molecule has 29 heavy (non-hydrogen) atoms. The number of anilines is 1. The van der Waals surface area contributed by atoms with Crippen molar-refractivity contribution in [2.75, 3.05) is 32.0 Å². The third kappa shape index (κ3) is 5.02. The van der Waals surface area contributed by atoms with Gasteiger partial charge in [0.1, 0.15) is 5.69 Å². The van der Waals surface area contributed by atoms with Crippen LogP contribution < -0.4 is 16.4 Å². The smallest absolute Gasteiger partial charge is 0.268 e. The first-order valence-corrected chi connectivity index (χ1v) is 10.4. The molecule has 0 spiro atoms. The predicted octanol–water partition coefficient (Wildman–Crippen LogP) is 2.54. The normalized spacial score (nSPS) is 14.8. The number of carbonyl (C=O) groups excluding carboxylic acids is 1.